The monoisotopic (exact) mass is 699 g/mol. The van der Waals surface area contributed by atoms with Crippen molar-refractivity contribution >= 4 is 27.5 Å². The van der Waals surface area contributed by atoms with Gasteiger partial charge in [-0.15, -0.1) is 0 Å². The lowest BCUT2D eigenvalue weighted by atomic mass is 9.71. The number of likely N-dealkylation sites (tertiary alicyclic amines) is 1. The molecule has 12 heteroatoms. The van der Waals surface area contributed by atoms with Crippen LogP contribution < -0.4 is 13.8 Å². The van der Waals surface area contributed by atoms with Crippen LogP contribution in [0.5, 0.6) is 11.5 Å². The van der Waals surface area contributed by atoms with Gasteiger partial charge in [0.2, 0.25) is 5.91 Å². The van der Waals surface area contributed by atoms with E-state index in [4.69, 9.17) is 9.47 Å². The van der Waals surface area contributed by atoms with Crippen molar-refractivity contribution < 1.29 is 27.5 Å². The molecule has 6 rings (SSSR count). The van der Waals surface area contributed by atoms with Gasteiger partial charge < -0.3 is 19.3 Å². The van der Waals surface area contributed by atoms with E-state index < -0.39 is 21.3 Å². The fraction of sp³-hybridized carbons (Fsp3) is 0.447. The van der Waals surface area contributed by atoms with E-state index in [1.807, 2.05) is 6.92 Å². The molecule has 0 aliphatic carbocycles. The first-order valence-electron chi connectivity index (χ1n) is 17.4. The van der Waals surface area contributed by atoms with Gasteiger partial charge in [0, 0.05) is 57.3 Å². The molecule has 3 aliphatic heterocycles. The molecule has 2 amide bonds. The highest BCUT2D eigenvalue weighted by atomic mass is 32.2. The lowest BCUT2D eigenvalue weighted by Crippen LogP contribution is -2.54. The Kier molecular flexibility index (Phi) is 10.5. The number of methoxy groups -OCH3 is 1. The summed E-state index contributed by atoms with van der Waals surface area (Å²) in [6, 6.07) is 19.8. The second-order valence-electron chi connectivity index (χ2n) is 13.1. The number of hydrogen-bond donors (Lipinski definition) is 0. The smallest absolute Gasteiger partial charge is 0.270 e. The molecule has 3 aromatic carbocycles. The number of piperazine rings is 1. The van der Waals surface area contributed by atoms with E-state index in [2.05, 4.69) is 22.8 Å². The Morgan fingerprint density at radius 3 is 2.28 bits per heavy atom. The van der Waals surface area contributed by atoms with E-state index in [-0.39, 0.29) is 40.6 Å². The molecule has 11 nitrogen and oxygen atoms in total. The van der Waals surface area contributed by atoms with Crippen molar-refractivity contribution in [2.24, 2.45) is 0 Å². The molecular weight excluding hydrogens is 655 g/mol. The molecule has 0 N–H and O–H groups in total. The summed E-state index contributed by atoms with van der Waals surface area (Å²) in [6.45, 7) is 10.6. The lowest BCUT2D eigenvalue weighted by molar-refractivity contribution is -0.136. The maximum absolute atomic E-state index is 15.1. The van der Waals surface area contributed by atoms with E-state index in [0.29, 0.717) is 36.2 Å². The fourth-order valence-electron chi connectivity index (χ4n) is 7.73. The molecule has 0 radical (unpaired) electrons. The van der Waals surface area contributed by atoms with Crippen LogP contribution in [0.1, 0.15) is 56.2 Å². The summed E-state index contributed by atoms with van der Waals surface area (Å²) in [4.78, 5) is 36.3. The summed E-state index contributed by atoms with van der Waals surface area (Å²) in [5, 5.41) is 9.94. The minimum absolute atomic E-state index is 0.102. The van der Waals surface area contributed by atoms with Crippen LogP contribution in [0.15, 0.2) is 71.6 Å². The highest BCUT2D eigenvalue weighted by molar-refractivity contribution is 7.93. The average Bonchev–Trinajstić information content (AvgIpc) is 3.39. The number of benzene rings is 3. The SMILES string of the molecule is CCCN1CCN(C2CCN(C(=O)CC3(c4ccccc4OCC)C(=O)N(S(=O)(=O)c4ccc(OC)cc4)c4ccc(C#N)cc43)CC2)CC1. The quantitative estimate of drug-likeness (QED) is 0.287. The number of nitrogens with zero attached hydrogens (tertiary/aromatic N) is 5. The van der Waals surface area contributed by atoms with Crippen LogP contribution in [-0.4, -0.2) is 101 Å². The highest BCUT2D eigenvalue weighted by Gasteiger charge is 2.58. The zero-order valence-corrected chi connectivity index (χ0v) is 29.8. The second kappa shape index (κ2) is 14.8. The molecule has 3 heterocycles. The Morgan fingerprint density at radius 1 is 0.940 bits per heavy atom. The van der Waals surface area contributed by atoms with Gasteiger partial charge in [-0.1, -0.05) is 25.1 Å². The predicted octanol–water partition coefficient (Wildman–Crippen LogP) is 4.40. The molecule has 2 saturated heterocycles. The molecule has 0 spiro atoms. The van der Waals surface area contributed by atoms with Crippen molar-refractivity contribution in [1.82, 2.24) is 14.7 Å². The number of piperidine rings is 1. The number of anilines is 1. The van der Waals surface area contributed by atoms with Crippen LogP contribution in [0.3, 0.4) is 0 Å². The van der Waals surface area contributed by atoms with Crippen molar-refractivity contribution in [1.29, 1.82) is 5.26 Å². The minimum atomic E-state index is -4.47. The number of amides is 2. The number of fused-ring (bicyclic) bond motifs is 1. The number of ether oxygens (including phenoxy) is 2. The maximum Gasteiger partial charge on any atom is 0.270 e. The number of hydrogen-bond acceptors (Lipinski definition) is 9. The van der Waals surface area contributed by atoms with E-state index in [9.17, 15) is 18.5 Å². The molecule has 3 aliphatic rings. The first-order chi connectivity index (χ1) is 24.2. The molecular formula is C38H45N5O6S. The van der Waals surface area contributed by atoms with Crippen LogP contribution in [-0.2, 0) is 25.0 Å². The average molecular weight is 700 g/mol. The van der Waals surface area contributed by atoms with Crippen LogP contribution in [0.2, 0.25) is 0 Å². The van der Waals surface area contributed by atoms with Gasteiger partial charge >= 0.3 is 0 Å². The van der Waals surface area contributed by atoms with E-state index in [0.717, 1.165) is 56.3 Å². The van der Waals surface area contributed by atoms with Crippen molar-refractivity contribution in [3.63, 3.8) is 0 Å². The Labute approximate surface area is 295 Å². The minimum Gasteiger partial charge on any atom is -0.497 e. The van der Waals surface area contributed by atoms with E-state index in [1.165, 1.54) is 49.6 Å². The third-order valence-corrected chi connectivity index (χ3v) is 12.0. The van der Waals surface area contributed by atoms with Gasteiger partial charge in [0.05, 0.1) is 35.9 Å². The summed E-state index contributed by atoms with van der Waals surface area (Å²) in [6.07, 6.45) is 2.46. The van der Waals surface area contributed by atoms with Crippen LogP contribution in [0.4, 0.5) is 5.69 Å². The molecule has 0 bridgehead atoms. The summed E-state index contributed by atoms with van der Waals surface area (Å²) in [5.74, 6) is -0.218. The van der Waals surface area contributed by atoms with Gasteiger partial charge in [-0.3, -0.25) is 14.5 Å². The molecule has 0 aromatic heterocycles. The molecule has 1 atom stereocenters. The van der Waals surface area contributed by atoms with Crippen LogP contribution in [0, 0.1) is 11.3 Å². The summed E-state index contributed by atoms with van der Waals surface area (Å²) >= 11 is 0. The van der Waals surface area contributed by atoms with Gasteiger partial charge in [-0.25, -0.2) is 12.7 Å². The molecule has 3 aromatic rings. The third-order valence-electron chi connectivity index (χ3n) is 10.3. The van der Waals surface area contributed by atoms with Gasteiger partial charge in [-0.2, -0.15) is 5.26 Å². The van der Waals surface area contributed by atoms with Gasteiger partial charge in [0.1, 0.15) is 16.9 Å². The van der Waals surface area contributed by atoms with Gasteiger partial charge in [0.15, 0.2) is 0 Å². The zero-order chi connectivity index (χ0) is 35.5. The zero-order valence-electron chi connectivity index (χ0n) is 29.0. The molecule has 1 unspecified atom stereocenters. The topological polar surface area (TPSA) is 123 Å². The Morgan fingerprint density at radius 2 is 1.64 bits per heavy atom. The number of nitriles is 1. The Balaban J connectivity index is 1.38. The normalized spacial score (nSPS) is 20.4. The van der Waals surface area contributed by atoms with Gasteiger partial charge in [0.25, 0.3) is 15.9 Å². The number of para-hydroxylation sites is 1. The molecule has 0 saturated carbocycles. The van der Waals surface area contributed by atoms with Crippen molar-refractivity contribution in [2.75, 3.05) is 63.8 Å². The number of sulfonamides is 1. The van der Waals surface area contributed by atoms with Crippen LogP contribution >= 0.6 is 0 Å². The fourth-order valence-corrected chi connectivity index (χ4v) is 9.21. The molecule has 264 valence electrons. The maximum atomic E-state index is 15.1. The molecule has 2 fully saturated rings. The van der Waals surface area contributed by atoms with Crippen LogP contribution in [0.25, 0.3) is 0 Å². The predicted molar refractivity (Wildman–Crippen MR) is 190 cm³/mol. The number of rotatable bonds is 11. The van der Waals surface area contributed by atoms with Crippen molar-refractivity contribution in [2.45, 2.75) is 55.9 Å². The standard InChI is InChI=1S/C38H45N5O6S/c1-4-18-40-21-23-41(24-22-40)29-16-19-42(20-17-29)36(44)26-38(32-8-6-7-9-35(32)49-5-2)33-25-28(27-39)10-15-34(33)43(37(38)45)50(46,47)31-13-11-30(48-3)12-14-31/h6-15,25,29H,4-5,16-24,26H2,1-3H3. The number of carbonyl (C=O) groups is 2. The molecule has 50 heavy (non-hydrogen) atoms. The number of carbonyl (C=O) groups excluding carboxylic acids is 2. The third kappa shape index (κ3) is 6.45. The Bertz CT molecular complexity index is 1860. The van der Waals surface area contributed by atoms with Crippen molar-refractivity contribution in [3.8, 4) is 17.6 Å². The largest absolute Gasteiger partial charge is 0.497 e. The summed E-state index contributed by atoms with van der Waals surface area (Å²) < 4.78 is 40.8. The first kappa shape index (κ1) is 35.4. The second-order valence-corrected chi connectivity index (χ2v) is 14.9. The lowest BCUT2D eigenvalue weighted by Gasteiger charge is -2.43. The summed E-state index contributed by atoms with van der Waals surface area (Å²) in [7, 11) is -2.99. The van der Waals surface area contributed by atoms with Gasteiger partial charge in [-0.05, 0) is 86.8 Å². The first-order valence-corrected chi connectivity index (χ1v) is 18.9. The van der Waals surface area contributed by atoms with Crippen molar-refractivity contribution in [3.05, 3.63) is 83.4 Å². The highest BCUT2D eigenvalue weighted by Crippen LogP contribution is 2.53. The van der Waals surface area contributed by atoms with E-state index >= 15 is 4.79 Å². The van der Waals surface area contributed by atoms with E-state index in [1.54, 1.807) is 29.2 Å². The Hall–Kier alpha value is -4.44. The summed E-state index contributed by atoms with van der Waals surface area (Å²) in [5.41, 5.74) is -0.782.